The molecule has 2 N–H and O–H groups in total. The number of para-hydroxylation sites is 1. The van der Waals surface area contributed by atoms with E-state index in [1.165, 1.54) is 11.0 Å². The Morgan fingerprint density at radius 2 is 2.00 bits per heavy atom. The molecule has 2 rings (SSSR count). The quantitative estimate of drug-likeness (QED) is 0.781. The molecule has 0 spiro atoms. The van der Waals surface area contributed by atoms with Gasteiger partial charge in [-0.2, -0.15) is 9.90 Å². The van der Waals surface area contributed by atoms with E-state index in [9.17, 15) is 4.79 Å². The van der Waals surface area contributed by atoms with Crippen molar-refractivity contribution in [2.75, 3.05) is 19.6 Å². The van der Waals surface area contributed by atoms with Crippen LogP contribution >= 0.6 is 12.4 Å². The van der Waals surface area contributed by atoms with Crippen LogP contribution in [0.4, 0.5) is 0 Å². The van der Waals surface area contributed by atoms with Crippen molar-refractivity contribution in [1.82, 2.24) is 25.6 Å². The molecule has 2 aromatic rings. The molecule has 0 atom stereocenters. The van der Waals surface area contributed by atoms with Gasteiger partial charge in [-0.15, -0.1) is 17.5 Å². The zero-order valence-corrected chi connectivity index (χ0v) is 12.1. The number of rotatable bonds is 6. The van der Waals surface area contributed by atoms with E-state index in [-0.39, 0.29) is 18.3 Å². The van der Waals surface area contributed by atoms with Gasteiger partial charge in [0.15, 0.2) is 5.69 Å². The molecule has 0 unspecified atom stereocenters. The third-order valence-corrected chi connectivity index (χ3v) is 2.55. The maximum Gasteiger partial charge on any atom is 0.273 e. The lowest BCUT2D eigenvalue weighted by atomic mass is 10.3. The zero-order chi connectivity index (χ0) is 13.5. The van der Waals surface area contributed by atoms with E-state index in [1.807, 2.05) is 37.3 Å². The predicted octanol–water partition coefficient (Wildman–Crippen LogP) is 1.03. The summed E-state index contributed by atoms with van der Waals surface area (Å²) in [7, 11) is 0. The number of nitrogens with one attached hydrogen (secondary N) is 2. The van der Waals surface area contributed by atoms with E-state index in [1.54, 1.807) is 0 Å². The summed E-state index contributed by atoms with van der Waals surface area (Å²) in [6.45, 7) is 4.23. The molecule has 108 valence electrons. The highest BCUT2D eigenvalue weighted by atomic mass is 35.5. The van der Waals surface area contributed by atoms with Crippen LogP contribution in [0.5, 0.6) is 0 Å². The molecule has 0 aliphatic carbocycles. The number of halogens is 1. The number of carbonyl (C=O) groups is 1. The van der Waals surface area contributed by atoms with Gasteiger partial charge in [0.05, 0.1) is 11.9 Å². The standard InChI is InChI=1S/C13H17N5O.ClH/c1-2-14-8-9-15-13(19)12-10-16-18(17-12)11-6-4-3-5-7-11;/h3-7,10,14H,2,8-9H2,1H3,(H,15,19);1H. The molecular weight excluding hydrogens is 278 g/mol. The third kappa shape index (κ3) is 4.32. The molecule has 0 fully saturated rings. The van der Waals surface area contributed by atoms with Gasteiger partial charge >= 0.3 is 0 Å². The van der Waals surface area contributed by atoms with E-state index in [0.717, 1.165) is 18.8 Å². The number of nitrogens with zero attached hydrogens (tertiary/aromatic N) is 3. The molecular formula is C13H18ClN5O. The lowest BCUT2D eigenvalue weighted by molar-refractivity contribution is 0.0948. The fraction of sp³-hybridized carbons (Fsp3) is 0.308. The van der Waals surface area contributed by atoms with Gasteiger partial charge < -0.3 is 10.6 Å². The molecule has 1 aromatic carbocycles. The van der Waals surface area contributed by atoms with Crippen LogP contribution in [0.3, 0.4) is 0 Å². The number of amides is 1. The molecule has 7 heteroatoms. The summed E-state index contributed by atoms with van der Waals surface area (Å²) < 4.78 is 0. The third-order valence-electron chi connectivity index (χ3n) is 2.55. The first kappa shape index (κ1) is 16.1. The molecule has 6 nitrogen and oxygen atoms in total. The molecule has 20 heavy (non-hydrogen) atoms. The van der Waals surface area contributed by atoms with E-state index < -0.39 is 0 Å². The summed E-state index contributed by atoms with van der Waals surface area (Å²) in [6.07, 6.45) is 1.47. The molecule has 1 heterocycles. The summed E-state index contributed by atoms with van der Waals surface area (Å²) in [5.74, 6) is -0.208. The second-order valence-electron chi connectivity index (χ2n) is 3.96. The lowest BCUT2D eigenvalue weighted by Crippen LogP contribution is -2.32. The minimum absolute atomic E-state index is 0. The van der Waals surface area contributed by atoms with Crippen molar-refractivity contribution in [3.63, 3.8) is 0 Å². The highest BCUT2D eigenvalue weighted by Crippen LogP contribution is 2.03. The van der Waals surface area contributed by atoms with Gasteiger partial charge in [-0.05, 0) is 18.7 Å². The monoisotopic (exact) mass is 295 g/mol. The van der Waals surface area contributed by atoms with Gasteiger partial charge in [-0.25, -0.2) is 0 Å². The van der Waals surface area contributed by atoms with Gasteiger partial charge in [0, 0.05) is 13.1 Å². The van der Waals surface area contributed by atoms with Crippen LogP contribution < -0.4 is 10.6 Å². The maximum atomic E-state index is 11.8. The molecule has 0 aliphatic rings. The van der Waals surface area contributed by atoms with Gasteiger partial charge in [0.1, 0.15) is 0 Å². The van der Waals surface area contributed by atoms with Crippen molar-refractivity contribution in [2.45, 2.75) is 6.92 Å². The van der Waals surface area contributed by atoms with E-state index in [0.29, 0.717) is 12.2 Å². The van der Waals surface area contributed by atoms with Gasteiger partial charge in [-0.3, -0.25) is 4.79 Å². The number of hydrogen-bond acceptors (Lipinski definition) is 4. The normalized spacial score (nSPS) is 9.85. The van der Waals surface area contributed by atoms with Crippen LogP contribution in [0.1, 0.15) is 17.4 Å². The van der Waals surface area contributed by atoms with Crippen LogP contribution in [-0.2, 0) is 0 Å². The Hall–Kier alpha value is -1.92. The second kappa shape index (κ2) is 8.29. The Morgan fingerprint density at radius 1 is 1.25 bits per heavy atom. The van der Waals surface area contributed by atoms with Crippen molar-refractivity contribution in [3.05, 3.63) is 42.2 Å². The SMILES string of the molecule is CCNCCNC(=O)c1cnn(-c2ccccc2)n1.Cl. The van der Waals surface area contributed by atoms with Crippen LogP contribution in [0.25, 0.3) is 5.69 Å². The van der Waals surface area contributed by atoms with E-state index >= 15 is 0 Å². The van der Waals surface area contributed by atoms with Crippen molar-refractivity contribution < 1.29 is 4.79 Å². The summed E-state index contributed by atoms with van der Waals surface area (Å²) in [4.78, 5) is 13.2. The second-order valence-corrected chi connectivity index (χ2v) is 3.96. The molecule has 0 saturated carbocycles. The van der Waals surface area contributed by atoms with Crippen LogP contribution in [-0.4, -0.2) is 40.5 Å². The first-order chi connectivity index (χ1) is 9.31. The smallest absolute Gasteiger partial charge is 0.273 e. The first-order valence-corrected chi connectivity index (χ1v) is 6.28. The summed E-state index contributed by atoms with van der Waals surface area (Å²) in [5, 5.41) is 14.1. The Bertz CT molecular complexity index is 529. The van der Waals surface area contributed by atoms with Gasteiger partial charge in [0.2, 0.25) is 0 Å². The van der Waals surface area contributed by atoms with E-state index in [2.05, 4.69) is 20.8 Å². The highest BCUT2D eigenvalue weighted by molar-refractivity contribution is 5.91. The predicted molar refractivity (Wildman–Crippen MR) is 79.5 cm³/mol. The van der Waals surface area contributed by atoms with Crippen LogP contribution in [0.2, 0.25) is 0 Å². The van der Waals surface area contributed by atoms with E-state index in [4.69, 9.17) is 0 Å². The molecule has 1 aromatic heterocycles. The Morgan fingerprint density at radius 3 is 2.70 bits per heavy atom. The minimum atomic E-state index is -0.208. The van der Waals surface area contributed by atoms with Crippen LogP contribution in [0, 0.1) is 0 Å². The largest absolute Gasteiger partial charge is 0.349 e. The number of aromatic nitrogens is 3. The van der Waals surface area contributed by atoms with Crippen LogP contribution in [0.15, 0.2) is 36.5 Å². The molecule has 0 saturated heterocycles. The average Bonchev–Trinajstić information content (AvgIpc) is 2.94. The highest BCUT2D eigenvalue weighted by Gasteiger charge is 2.10. The Kier molecular flexibility index (Phi) is 6.69. The topological polar surface area (TPSA) is 71.8 Å². The van der Waals surface area contributed by atoms with Crippen molar-refractivity contribution >= 4 is 18.3 Å². The number of carbonyl (C=O) groups excluding carboxylic acids is 1. The zero-order valence-electron chi connectivity index (χ0n) is 11.2. The molecule has 0 radical (unpaired) electrons. The van der Waals surface area contributed by atoms with Crippen molar-refractivity contribution in [2.24, 2.45) is 0 Å². The first-order valence-electron chi connectivity index (χ1n) is 6.28. The maximum absolute atomic E-state index is 11.8. The Labute approximate surface area is 124 Å². The number of benzene rings is 1. The fourth-order valence-electron chi connectivity index (χ4n) is 1.58. The summed E-state index contributed by atoms with van der Waals surface area (Å²) in [6, 6.07) is 9.48. The van der Waals surface area contributed by atoms with Crippen molar-refractivity contribution in [3.8, 4) is 5.69 Å². The summed E-state index contributed by atoms with van der Waals surface area (Å²) in [5.41, 5.74) is 1.15. The Balaban J connectivity index is 0.00000200. The number of hydrogen-bond donors (Lipinski definition) is 2. The average molecular weight is 296 g/mol. The van der Waals surface area contributed by atoms with Crippen molar-refractivity contribution in [1.29, 1.82) is 0 Å². The fourth-order valence-corrected chi connectivity index (χ4v) is 1.58. The molecule has 0 bridgehead atoms. The number of likely N-dealkylation sites (N-methyl/N-ethyl adjacent to an activating group) is 1. The lowest BCUT2D eigenvalue weighted by Gasteiger charge is -2.02. The molecule has 1 amide bonds. The minimum Gasteiger partial charge on any atom is -0.349 e. The molecule has 0 aliphatic heterocycles. The van der Waals surface area contributed by atoms with Gasteiger partial charge in [-0.1, -0.05) is 25.1 Å². The van der Waals surface area contributed by atoms with Gasteiger partial charge in [0.25, 0.3) is 5.91 Å². The summed E-state index contributed by atoms with van der Waals surface area (Å²) >= 11 is 0.